The van der Waals surface area contributed by atoms with Crippen molar-refractivity contribution in [2.75, 3.05) is 5.32 Å². The van der Waals surface area contributed by atoms with E-state index in [1.807, 2.05) is 0 Å². The molecule has 0 aliphatic heterocycles. The van der Waals surface area contributed by atoms with Crippen molar-refractivity contribution in [3.05, 3.63) is 48.0 Å². The highest BCUT2D eigenvalue weighted by atomic mass is 19.4. The summed E-state index contributed by atoms with van der Waals surface area (Å²) in [5, 5.41) is 17.6. The van der Waals surface area contributed by atoms with Gasteiger partial charge in [-0.15, -0.1) is 0 Å². The lowest BCUT2D eigenvalue weighted by molar-refractivity contribution is -0.141. The van der Waals surface area contributed by atoms with Crippen LogP contribution in [0.2, 0.25) is 0 Å². The second-order valence-electron chi connectivity index (χ2n) is 7.55. The number of amides is 1. The van der Waals surface area contributed by atoms with Crippen molar-refractivity contribution in [3.63, 3.8) is 0 Å². The second-order valence-corrected chi connectivity index (χ2v) is 7.55. The fourth-order valence-electron chi connectivity index (χ4n) is 3.59. The van der Waals surface area contributed by atoms with Crippen molar-refractivity contribution in [1.29, 1.82) is 0 Å². The van der Waals surface area contributed by atoms with Gasteiger partial charge in [0, 0.05) is 11.6 Å². The average molecular weight is 433 g/mol. The summed E-state index contributed by atoms with van der Waals surface area (Å²) in [5.74, 6) is -0.666. The number of carbonyl (C=O) groups excluding carboxylic acids is 2. The lowest BCUT2D eigenvalue weighted by Crippen LogP contribution is -2.36. The number of carbonyl (C=O) groups is 2. The number of rotatable bonds is 4. The number of aliphatic hydroxyl groups is 1. The van der Waals surface area contributed by atoms with Gasteiger partial charge >= 0.3 is 6.18 Å². The van der Waals surface area contributed by atoms with Crippen LogP contribution in [0.15, 0.2) is 36.7 Å². The molecule has 1 aliphatic rings. The summed E-state index contributed by atoms with van der Waals surface area (Å²) in [6, 6.07) is 4.66. The lowest BCUT2D eigenvalue weighted by Gasteiger charge is -2.31. The minimum absolute atomic E-state index is 0.0139. The lowest BCUT2D eigenvalue weighted by atomic mass is 9.83. The van der Waals surface area contributed by atoms with Gasteiger partial charge in [-0.3, -0.25) is 9.48 Å². The standard InChI is InChI=1S/C20H18F3N5O3/c21-20(22,23)16-3-1-2-14(25-16)18(30)26-17-8-12-10-28(27-15(12)9-24-17)13-4-6-19(31,11-29)7-5-13/h1-3,8-11,13,31H,4-7H2,(H,26,30). The van der Waals surface area contributed by atoms with Gasteiger partial charge in [-0.2, -0.15) is 18.3 Å². The zero-order valence-electron chi connectivity index (χ0n) is 16.1. The van der Waals surface area contributed by atoms with Crippen molar-refractivity contribution in [1.82, 2.24) is 19.7 Å². The molecule has 0 aromatic carbocycles. The smallest absolute Gasteiger partial charge is 0.382 e. The third-order valence-corrected chi connectivity index (χ3v) is 5.34. The van der Waals surface area contributed by atoms with Crippen LogP contribution >= 0.6 is 0 Å². The van der Waals surface area contributed by atoms with Crippen molar-refractivity contribution in [2.45, 2.75) is 43.5 Å². The van der Waals surface area contributed by atoms with E-state index in [-0.39, 0.29) is 17.6 Å². The molecule has 4 rings (SSSR count). The molecule has 162 valence electrons. The third-order valence-electron chi connectivity index (χ3n) is 5.34. The Bertz CT molecular complexity index is 1140. The Labute approximate surface area is 174 Å². The van der Waals surface area contributed by atoms with Gasteiger partial charge in [-0.25, -0.2) is 9.97 Å². The van der Waals surface area contributed by atoms with E-state index in [1.165, 1.54) is 12.3 Å². The molecule has 0 spiro atoms. The van der Waals surface area contributed by atoms with E-state index >= 15 is 0 Å². The SMILES string of the molecule is O=CC1(O)CCC(n2cc3cc(NC(=O)c4cccc(C(F)(F)F)n4)ncc3n2)CC1. The molecule has 2 N–H and O–H groups in total. The molecule has 8 nitrogen and oxygen atoms in total. The summed E-state index contributed by atoms with van der Waals surface area (Å²) in [5.41, 5.74) is -2.23. The van der Waals surface area contributed by atoms with Crippen molar-refractivity contribution < 1.29 is 27.9 Å². The van der Waals surface area contributed by atoms with Gasteiger partial charge in [-0.05, 0) is 43.9 Å². The van der Waals surface area contributed by atoms with Gasteiger partial charge in [0.05, 0.1) is 12.2 Å². The van der Waals surface area contributed by atoms with Gasteiger partial charge in [-0.1, -0.05) is 6.07 Å². The molecule has 1 saturated carbocycles. The van der Waals surface area contributed by atoms with Crippen LogP contribution in [-0.2, 0) is 11.0 Å². The van der Waals surface area contributed by atoms with E-state index in [9.17, 15) is 27.9 Å². The zero-order chi connectivity index (χ0) is 22.2. The Kier molecular flexibility index (Phi) is 5.21. The highest BCUT2D eigenvalue weighted by molar-refractivity contribution is 6.03. The Balaban J connectivity index is 1.50. The summed E-state index contributed by atoms with van der Waals surface area (Å²) in [6.07, 6.45) is 1.02. The summed E-state index contributed by atoms with van der Waals surface area (Å²) in [6.45, 7) is 0. The normalized spacial score (nSPS) is 21.7. The number of halogens is 3. The Morgan fingerprint density at radius 2 is 2.03 bits per heavy atom. The Hall–Kier alpha value is -3.34. The molecule has 31 heavy (non-hydrogen) atoms. The molecule has 0 saturated heterocycles. The van der Waals surface area contributed by atoms with Gasteiger partial charge in [0.1, 0.15) is 28.3 Å². The quantitative estimate of drug-likeness (QED) is 0.612. The van der Waals surface area contributed by atoms with Gasteiger partial charge in [0.15, 0.2) is 6.29 Å². The molecule has 1 aliphatic carbocycles. The van der Waals surface area contributed by atoms with Gasteiger partial charge in [0.2, 0.25) is 0 Å². The summed E-state index contributed by atoms with van der Waals surface area (Å²) in [7, 11) is 0. The first-order valence-electron chi connectivity index (χ1n) is 9.56. The van der Waals surface area contributed by atoms with Crippen LogP contribution in [0.4, 0.5) is 19.0 Å². The number of nitrogens with zero attached hydrogens (tertiary/aromatic N) is 4. The first kappa shape index (κ1) is 20.9. The minimum Gasteiger partial charge on any atom is -0.382 e. The number of alkyl halides is 3. The van der Waals surface area contributed by atoms with Crippen LogP contribution in [0.25, 0.3) is 10.9 Å². The molecule has 3 aromatic heterocycles. The van der Waals surface area contributed by atoms with Gasteiger partial charge < -0.3 is 15.2 Å². The van der Waals surface area contributed by atoms with E-state index in [2.05, 4.69) is 20.4 Å². The van der Waals surface area contributed by atoms with Crippen LogP contribution in [0.5, 0.6) is 0 Å². The van der Waals surface area contributed by atoms with Crippen LogP contribution in [0.1, 0.15) is 47.9 Å². The number of aromatic nitrogens is 4. The molecule has 1 fully saturated rings. The number of hydrogen-bond acceptors (Lipinski definition) is 6. The maximum atomic E-state index is 12.8. The second kappa shape index (κ2) is 7.73. The van der Waals surface area contributed by atoms with E-state index < -0.39 is 23.4 Å². The number of aldehydes is 1. The molecule has 0 unspecified atom stereocenters. The summed E-state index contributed by atoms with van der Waals surface area (Å²) >= 11 is 0. The summed E-state index contributed by atoms with van der Waals surface area (Å²) < 4.78 is 40.2. The number of anilines is 1. The van der Waals surface area contributed by atoms with Crippen LogP contribution in [0, 0.1) is 0 Å². The number of fused-ring (bicyclic) bond motifs is 1. The highest BCUT2D eigenvalue weighted by Crippen LogP contribution is 2.34. The fraction of sp³-hybridized carbons (Fsp3) is 0.350. The van der Waals surface area contributed by atoms with E-state index in [0.29, 0.717) is 42.9 Å². The molecule has 1 amide bonds. The summed E-state index contributed by atoms with van der Waals surface area (Å²) in [4.78, 5) is 30.8. The molecule has 0 radical (unpaired) electrons. The monoisotopic (exact) mass is 433 g/mol. The van der Waals surface area contributed by atoms with Gasteiger partial charge in [0.25, 0.3) is 5.91 Å². The maximum absolute atomic E-state index is 12.8. The maximum Gasteiger partial charge on any atom is 0.433 e. The van der Waals surface area contributed by atoms with Crippen LogP contribution < -0.4 is 5.32 Å². The molecular formula is C20H18F3N5O3. The third kappa shape index (κ3) is 4.41. The first-order chi connectivity index (χ1) is 14.7. The molecule has 0 atom stereocenters. The Morgan fingerprint density at radius 1 is 1.29 bits per heavy atom. The average Bonchev–Trinajstić information content (AvgIpc) is 3.17. The predicted molar refractivity (Wildman–Crippen MR) is 103 cm³/mol. The molecule has 3 heterocycles. The van der Waals surface area contributed by atoms with E-state index in [1.54, 1.807) is 16.9 Å². The van der Waals surface area contributed by atoms with Crippen molar-refractivity contribution in [2.24, 2.45) is 0 Å². The van der Waals surface area contributed by atoms with Crippen LogP contribution in [-0.4, -0.2) is 42.6 Å². The van der Waals surface area contributed by atoms with Crippen molar-refractivity contribution >= 4 is 28.9 Å². The molecular weight excluding hydrogens is 415 g/mol. The molecule has 11 heteroatoms. The molecule has 3 aromatic rings. The van der Waals surface area contributed by atoms with Crippen LogP contribution in [0.3, 0.4) is 0 Å². The largest absolute Gasteiger partial charge is 0.433 e. The topological polar surface area (TPSA) is 110 Å². The highest BCUT2D eigenvalue weighted by Gasteiger charge is 2.34. The minimum atomic E-state index is -4.65. The number of hydrogen-bond donors (Lipinski definition) is 2. The Morgan fingerprint density at radius 3 is 2.71 bits per heavy atom. The first-order valence-corrected chi connectivity index (χ1v) is 9.56. The fourth-order valence-corrected chi connectivity index (χ4v) is 3.59. The van der Waals surface area contributed by atoms with E-state index in [0.717, 1.165) is 12.1 Å². The number of pyridine rings is 2. The predicted octanol–water partition coefficient (Wildman–Crippen LogP) is 3.14. The number of nitrogens with one attached hydrogen (secondary N) is 1. The van der Waals surface area contributed by atoms with E-state index in [4.69, 9.17) is 0 Å². The molecule has 0 bridgehead atoms. The van der Waals surface area contributed by atoms with Crippen molar-refractivity contribution in [3.8, 4) is 0 Å². The zero-order valence-corrected chi connectivity index (χ0v) is 16.1.